The fourth-order valence-electron chi connectivity index (χ4n) is 1.30. The van der Waals surface area contributed by atoms with Crippen molar-refractivity contribution in [3.05, 3.63) is 44.8 Å². The van der Waals surface area contributed by atoms with Crippen molar-refractivity contribution in [2.24, 2.45) is 5.11 Å². The third-order valence-electron chi connectivity index (χ3n) is 2.10. The fourth-order valence-corrected chi connectivity index (χ4v) is 1.53. The minimum Gasteiger partial charge on any atom is -0.478 e. The highest BCUT2D eigenvalue weighted by atomic mass is 35.5. The molecular weight excluding hydrogens is 315 g/mol. The molecule has 0 aliphatic heterocycles. The molecule has 1 aromatic carbocycles. The number of hydrogen-bond donors (Lipinski definition) is 1. The van der Waals surface area contributed by atoms with E-state index in [0.29, 0.717) is 0 Å². The zero-order chi connectivity index (χ0) is 16.0. The minimum atomic E-state index is -4.88. The number of rotatable bonds is 5. The van der Waals surface area contributed by atoms with E-state index in [-0.39, 0.29) is 16.2 Å². The van der Waals surface area contributed by atoms with Crippen LogP contribution in [-0.4, -0.2) is 24.0 Å². The molecule has 0 saturated heterocycles. The smallest absolute Gasteiger partial charge is 0.478 e. The average molecular weight is 322 g/mol. The summed E-state index contributed by atoms with van der Waals surface area (Å²) in [7, 11) is 0. The van der Waals surface area contributed by atoms with Gasteiger partial charge in [-0.3, -0.25) is 0 Å². The van der Waals surface area contributed by atoms with E-state index in [0.717, 1.165) is 18.2 Å². The molecule has 0 aliphatic rings. The van der Waals surface area contributed by atoms with Crippen molar-refractivity contribution in [1.82, 2.24) is 0 Å². The predicted molar refractivity (Wildman–Crippen MR) is 67.8 cm³/mol. The summed E-state index contributed by atoms with van der Waals surface area (Å²) >= 11 is 5.62. The number of carboxylic acid groups (broad SMARTS) is 1. The van der Waals surface area contributed by atoms with Gasteiger partial charge in [0.15, 0.2) is 0 Å². The highest BCUT2D eigenvalue weighted by molar-refractivity contribution is 6.32. The Morgan fingerprint density at radius 2 is 2.19 bits per heavy atom. The SMILES string of the molecule is [N-]=[N+]=NC/C(=C/c1ccc(OC(F)(F)F)c(Cl)c1)C(=O)O. The van der Waals surface area contributed by atoms with Gasteiger partial charge in [-0.25, -0.2) is 4.79 Å². The van der Waals surface area contributed by atoms with Crippen LogP contribution in [0.4, 0.5) is 13.2 Å². The number of benzene rings is 1. The fraction of sp³-hybridized carbons (Fsp3) is 0.182. The molecule has 21 heavy (non-hydrogen) atoms. The summed E-state index contributed by atoms with van der Waals surface area (Å²) in [4.78, 5) is 13.3. The van der Waals surface area contributed by atoms with E-state index in [1.807, 2.05) is 0 Å². The van der Waals surface area contributed by atoms with Crippen LogP contribution in [0.5, 0.6) is 5.75 Å². The molecule has 1 N–H and O–H groups in total. The second-order valence-corrected chi connectivity index (χ2v) is 4.01. The number of halogens is 4. The second-order valence-electron chi connectivity index (χ2n) is 3.60. The van der Waals surface area contributed by atoms with Crippen molar-refractivity contribution in [2.75, 3.05) is 6.54 Å². The van der Waals surface area contributed by atoms with Gasteiger partial charge >= 0.3 is 12.3 Å². The molecular formula is C11H7ClF3N3O3. The van der Waals surface area contributed by atoms with Crippen molar-refractivity contribution in [2.45, 2.75) is 6.36 Å². The largest absolute Gasteiger partial charge is 0.573 e. The Labute approximate surface area is 121 Å². The number of carbonyl (C=O) groups is 1. The van der Waals surface area contributed by atoms with E-state index >= 15 is 0 Å². The molecule has 0 radical (unpaired) electrons. The number of alkyl halides is 3. The number of nitrogens with zero attached hydrogens (tertiary/aromatic N) is 3. The maximum absolute atomic E-state index is 12.1. The Morgan fingerprint density at radius 1 is 1.52 bits per heavy atom. The molecule has 6 nitrogen and oxygen atoms in total. The maximum atomic E-state index is 12.1. The van der Waals surface area contributed by atoms with Gasteiger partial charge in [-0.15, -0.1) is 13.2 Å². The van der Waals surface area contributed by atoms with Crippen LogP contribution in [0.1, 0.15) is 5.56 Å². The van der Waals surface area contributed by atoms with Crippen molar-refractivity contribution >= 4 is 23.6 Å². The summed E-state index contributed by atoms with van der Waals surface area (Å²) in [6.45, 7) is -0.412. The summed E-state index contributed by atoms with van der Waals surface area (Å²) < 4.78 is 39.8. The van der Waals surface area contributed by atoms with Gasteiger partial charge in [0.25, 0.3) is 0 Å². The Hall–Kier alpha value is -2.38. The lowest BCUT2D eigenvalue weighted by Gasteiger charge is -2.10. The summed E-state index contributed by atoms with van der Waals surface area (Å²) in [6.07, 6.45) is -3.75. The lowest BCUT2D eigenvalue weighted by Crippen LogP contribution is -2.17. The van der Waals surface area contributed by atoms with Gasteiger partial charge in [0.05, 0.1) is 11.6 Å². The second kappa shape index (κ2) is 6.87. The molecule has 10 heteroatoms. The number of carboxylic acids is 1. The highest BCUT2D eigenvalue weighted by Crippen LogP contribution is 2.31. The molecule has 0 amide bonds. The molecule has 0 unspecified atom stereocenters. The van der Waals surface area contributed by atoms with E-state index in [9.17, 15) is 18.0 Å². The van der Waals surface area contributed by atoms with Crippen LogP contribution in [0.3, 0.4) is 0 Å². The molecule has 1 aromatic rings. The Balaban J connectivity index is 3.07. The first-order valence-electron chi connectivity index (χ1n) is 5.23. The molecule has 1 rings (SSSR count). The molecule has 0 fully saturated rings. The quantitative estimate of drug-likeness (QED) is 0.384. The predicted octanol–water partition coefficient (Wildman–Crippen LogP) is 4.02. The van der Waals surface area contributed by atoms with Crippen LogP contribution in [0.2, 0.25) is 5.02 Å². The molecule has 0 aliphatic carbocycles. The van der Waals surface area contributed by atoms with Gasteiger partial charge < -0.3 is 9.84 Å². The van der Waals surface area contributed by atoms with Crippen molar-refractivity contribution < 1.29 is 27.8 Å². The van der Waals surface area contributed by atoms with Gasteiger partial charge in [-0.05, 0) is 29.3 Å². The lowest BCUT2D eigenvalue weighted by molar-refractivity contribution is -0.274. The van der Waals surface area contributed by atoms with Crippen LogP contribution in [0, 0.1) is 0 Å². The van der Waals surface area contributed by atoms with Crippen LogP contribution >= 0.6 is 11.6 Å². The summed E-state index contributed by atoms with van der Waals surface area (Å²) in [5.74, 6) is -1.93. The highest BCUT2D eigenvalue weighted by Gasteiger charge is 2.31. The van der Waals surface area contributed by atoms with Crippen LogP contribution in [0.15, 0.2) is 28.9 Å². The monoisotopic (exact) mass is 321 g/mol. The lowest BCUT2D eigenvalue weighted by atomic mass is 10.1. The first-order chi connectivity index (χ1) is 9.73. The molecule has 0 spiro atoms. The van der Waals surface area contributed by atoms with Gasteiger partial charge in [-0.2, -0.15) is 0 Å². The van der Waals surface area contributed by atoms with Gasteiger partial charge in [0, 0.05) is 10.5 Å². The number of aliphatic carboxylic acids is 1. The van der Waals surface area contributed by atoms with E-state index in [2.05, 4.69) is 14.8 Å². The van der Waals surface area contributed by atoms with E-state index in [1.165, 1.54) is 6.07 Å². The summed E-state index contributed by atoms with van der Waals surface area (Å²) in [5.41, 5.74) is 8.13. The van der Waals surface area contributed by atoms with E-state index in [1.54, 1.807) is 0 Å². The molecule has 0 aromatic heterocycles. The molecule has 0 saturated carbocycles. The van der Waals surface area contributed by atoms with Crippen LogP contribution < -0.4 is 4.74 Å². The number of hydrogen-bond acceptors (Lipinski definition) is 3. The average Bonchev–Trinajstić information content (AvgIpc) is 2.36. The molecule has 0 bridgehead atoms. The van der Waals surface area contributed by atoms with Crippen molar-refractivity contribution in [3.8, 4) is 5.75 Å². The van der Waals surface area contributed by atoms with Gasteiger partial charge in [-0.1, -0.05) is 22.8 Å². The third kappa shape index (κ3) is 5.64. The number of ether oxygens (including phenoxy) is 1. The zero-order valence-corrected chi connectivity index (χ0v) is 10.9. The first-order valence-corrected chi connectivity index (χ1v) is 5.61. The van der Waals surface area contributed by atoms with E-state index < -0.39 is 24.6 Å². The molecule has 0 atom stereocenters. The normalized spacial score (nSPS) is 11.7. The molecule has 0 heterocycles. The number of azide groups is 1. The summed E-state index contributed by atoms with van der Waals surface area (Å²) in [6, 6.07) is 3.24. The molecule has 112 valence electrons. The Morgan fingerprint density at radius 3 is 2.67 bits per heavy atom. The zero-order valence-electron chi connectivity index (χ0n) is 10.1. The van der Waals surface area contributed by atoms with E-state index in [4.69, 9.17) is 22.2 Å². The maximum Gasteiger partial charge on any atom is 0.573 e. The van der Waals surface area contributed by atoms with Gasteiger partial charge in [0.2, 0.25) is 0 Å². The minimum absolute atomic E-state index is 0.222. The van der Waals surface area contributed by atoms with Crippen LogP contribution in [0.25, 0.3) is 16.5 Å². The topological polar surface area (TPSA) is 95.3 Å². The van der Waals surface area contributed by atoms with Crippen molar-refractivity contribution in [1.29, 1.82) is 0 Å². The standard InChI is InChI=1S/C11H7ClF3N3O3/c12-8-4-6(1-2-9(8)21-11(13,14)15)3-7(10(19)20)5-17-18-16/h1-4H,5H2,(H,19,20)/b7-3-. The van der Waals surface area contributed by atoms with Crippen LogP contribution in [-0.2, 0) is 4.79 Å². The third-order valence-corrected chi connectivity index (χ3v) is 2.40. The first kappa shape index (κ1) is 16.7. The summed E-state index contributed by atoms with van der Waals surface area (Å²) in [5, 5.41) is 11.6. The van der Waals surface area contributed by atoms with Gasteiger partial charge in [0.1, 0.15) is 5.75 Å². The van der Waals surface area contributed by atoms with Crippen molar-refractivity contribution in [3.63, 3.8) is 0 Å². The Bertz CT molecular complexity index is 625. The Kier molecular flexibility index (Phi) is 5.45.